The lowest BCUT2D eigenvalue weighted by molar-refractivity contribution is -0.163. The summed E-state index contributed by atoms with van der Waals surface area (Å²) >= 11 is 3.78. The molecule has 3 heterocycles. The van der Waals surface area contributed by atoms with E-state index in [2.05, 4.69) is 53.2 Å². The molecule has 12 nitrogen and oxygen atoms in total. The van der Waals surface area contributed by atoms with Gasteiger partial charge < -0.3 is 39.3 Å². The Kier molecular flexibility index (Phi) is 14.5. The molecule has 59 heavy (non-hydrogen) atoms. The number of ether oxygens (including phenoxy) is 3. The molecule has 0 aliphatic carbocycles. The molecule has 3 saturated heterocycles. The normalized spacial score (nSPS) is 24.5. The fraction of sp³-hybridized carbons (Fsp3) is 0.435. The number of methoxy groups -OCH3 is 1. The maximum Gasteiger partial charge on any atom is 0.313 e. The molecule has 0 aromatic heterocycles. The van der Waals surface area contributed by atoms with Gasteiger partial charge in [-0.15, -0.1) is 13.2 Å². The van der Waals surface area contributed by atoms with Gasteiger partial charge in [-0.2, -0.15) is 0 Å². The molecule has 0 saturated carbocycles. The molecule has 2 N–H and O–H groups in total. The molecule has 314 valence electrons. The van der Waals surface area contributed by atoms with Gasteiger partial charge in [-0.1, -0.05) is 88.7 Å². The Labute approximate surface area is 355 Å². The topological polar surface area (TPSA) is 138 Å². The molecule has 13 heteroatoms. The summed E-state index contributed by atoms with van der Waals surface area (Å²) < 4.78 is 18.8. The SMILES string of the molecule is C=CCCC(=O)N[C@@H](COC)[C@@H](OC(=O)[C@H]1[C@@H]2O[C@@]3(CC2Br)[C@@H]1C(=O)N([C@H](CO)c1ccccc1)[C@@H]3C(=O)N(CC=C)c1ccc(N(CC)CC)cc1)c1ccccc1. The molecule has 3 amide bonds. The van der Waals surface area contributed by atoms with Crippen molar-refractivity contribution < 1.29 is 38.5 Å². The zero-order valence-corrected chi connectivity index (χ0v) is 35.5. The Morgan fingerprint density at radius 2 is 1.61 bits per heavy atom. The predicted molar refractivity (Wildman–Crippen MR) is 230 cm³/mol. The van der Waals surface area contributed by atoms with Gasteiger partial charge in [-0.3, -0.25) is 19.2 Å². The van der Waals surface area contributed by atoms with Crippen LogP contribution in [0.5, 0.6) is 0 Å². The second-order valence-corrected chi connectivity index (χ2v) is 16.3. The minimum Gasteiger partial charge on any atom is -0.455 e. The molecule has 3 aromatic carbocycles. The lowest BCUT2D eigenvalue weighted by Crippen LogP contribution is -2.57. The third kappa shape index (κ3) is 8.61. The maximum absolute atomic E-state index is 15.4. The zero-order chi connectivity index (χ0) is 42.3. The third-order valence-corrected chi connectivity index (χ3v) is 12.6. The first-order valence-electron chi connectivity index (χ1n) is 20.3. The monoisotopic (exact) mass is 870 g/mol. The number of aliphatic hydroxyl groups excluding tert-OH is 1. The highest BCUT2D eigenvalue weighted by Crippen LogP contribution is 2.61. The zero-order valence-electron chi connectivity index (χ0n) is 34.0. The van der Waals surface area contributed by atoms with E-state index in [9.17, 15) is 14.7 Å². The number of carbonyl (C=O) groups is 4. The van der Waals surface area contributed by atoms with E-state index in [1.807, 2.05) is 60.7 Å². The molecule has 3 aromatic rings. The van der Waals surface area contributed by atoms with Crippen molar-refractivity contribution in [3.63, 3.8) is 0 Å². The smallest absolute Gasteiger partial charge is 0.313 e. The first-order chi connectivity index (χ1) is 28.6. The van der Waals surface area contributed by atoms with Crippen LogP contribution in [0, 0.1) is 11.8 Å². The average molecular weight is 872 g/mol. The second-order valence-electron chi connectivity index (χ2n) is 15.2. The summed E-state index contributed by atoms with van der Waals surface area (Å²) in [6.45, 7) is 13.1. The van der Waals surface area contributed by atoms with Crippen molar-refractivity contribution in [3.05, 3.63) is 121 Å². The Morgan fingerprint density at radius 3 is 2.19 bits per heavy atom. The fourth-order valence-electron chi connectivity index (χ4n) is 9.14. The molecule has 3 fully saturated rings. The number of allylic oxidation sites excluding steroid dienone is 1. The highest BCUT2D eigenvalue weighted by molar-refractivity contribution is 9.09. The number of rotatable bonds is 20. The Bertz CT molecular complexity index is 1950. The van der Waals surface area contributed by atoms with Gasteiger partial charge in [-0.25, -0.2) is 0 Å². The Balaban J connectivity index is 1.42. The number of anilines is 2. The molecule has 2 bridgehead atoms. The van der Waals surface area contributed by atoms with Gasteiger partial charge >= 0.3 is 5.97 Å². The average Bonchev–Trinajstić information content (AvgIpc) is 3.85. The fourth-order valence-corrected chi connectivity index (χ4v) is 10.1. The predicted octanol–water partition coefficient (Wildman–Crippen LogP) is 5.92. The number of carbonyl (C=O) groups excluding carboxylic acids is 4. The number of likely N-dealkylation sites (tertiary alicyclic amines) is 1. The third-order valence-electron chi connectivity index (χ3n) is 11.8. The Morgan fingerprint density at radius 1 is 0.983 bits per heavy atom. The van der Waals surface area contributed by atoms with Crippen LogP contribution in [0.3, 0.4) is 0 Å². The number of hydrogen-bond acceptors (Lipinski definition) is 9. The maximum atomic E-state index is 15.4. The van der Waals surface area contributed by atoms with E-state index in [0.717, 1.165) is 18.8 Å². The van der Waals surface area contributed by atoms with Crippen molar-refractivity contribution in [1.82, 2.24) is 10.2 Å². The summed E-state index contributed by atoms with van der Waals surface area (Å²) in [5, 5.41) is 14.0. The van der Waals surface area contributed by atoms with Crippen molar-refractivity contribution in [3.8, 4) is 0 Å². The van der Waals surface area contributed by atoms with E-state index in [4.69, 9.17) is 14.2 Å². The number of nitrogens with one attached hydrogen (secondary N) is 1. The van der Waals surface area contributed by atoms with Gasteiger partial charge in [-0.05, 0) is 62.1 Å². The number of halogens is 1. The summed E-state index contributed by atoms with van der Waals surface area (Å²) in [6.07, 6.45) is 2.35. The quantitative estimate of drug-likeness (QED) is 0.0807. The number of amides is 3. The van der Waals surface area contributed by atoms with Crippen LogP contribution in [0.2, 0.25) is 0 Å². The van der Waals surface area contributed by atoms with E-state index < -0.39 is 77.0 Å². The standard InChI is InChI=1S/C46H55BrN4O8/c1-6-10-21-37(53)48-35(29-57-5)40(31-19-15-12-16-20-31)58-45(56)38-39-43(54)51(36(28-52)30-17-13-11-14-18-30)42(46(39)27-34(47)41(38)59-46)44(55)50(26-7-2)33-24-22-32(23-25-33)49(8-3)9-4/h6-7,11-20,22-25,34-36,38-42,52H,1-2,8-10,21,26-29H2,3-5H3,(H,48,53)/t34?,35-,36+,38+,39-,40-,41+,42+,46-/m0/s1. The van der Waals surface area contributed by atoms with Gasteiger partial charge in [0.15, 0.2) is 0 Å². The summed E-state index contributed by atoms with van der Waals surface area (Å²) in [4.78, 5) is 63.4. The van der Waals surface area contributed by atoms with Crippen LogP contribution >= 0.6 is 15.9 Å². The summed E-state index contributed by atoms with van der Waals surface area (Å²) in [7, 11) is 1.50. The number of benzene rings is 3. The van der Waals surface area contributed by atoms with Gasteiger partial charge in [0, 0.05) is 49.4 Å². The molecule has 6 rings (SSSR count). The molecule has 1 spiro atoms. The van der Waals surface area contributed by atoms with Crippen molar-refractivity contribution in [2.75, 3.05) is 49.8 Å². The van der Waals surface area contributed by atoms with E-state index >= 15 is 9.59 Å². The van der Waals surface area contributed by atoms with E-state index in [0.29, 0.717) is 23.2 Å². The number of fused-ring (bicyclic) bond motifs is 1. The van der Waals surface area contributed by atoms with Crippen molar-refractivity contribution in [1.29, 1.82) is 0 Å². The molecular formula is C46H55BrN4O8. The minimum absolute atomic E-state index is 0.0271. The first-order valence-corrected chi connectivity index (χ1v) is 21.2. The number of alkyl halides is 1. The van der Waals surface area contributed by atoms with E-state index in [-0.39, 0.29) is 31.9 Å². The summed E-state index contributed by atoms with van der Waals surface area (Å²) in [5.74, 6) is -4.16. The van der Waals surface area contributed by atoms with Crippen LogP contribution < -0.4 is 15.1 Å². The first kappa shape index (κ1) is 43.8. The largest absolute Gasteiger partial charge is 0.455 e. The van der Waals surface area contributed by atoms with Crippen LogP contribution in [0.1, 0.15) is 56.4 Å². The number of esters is 1. The highest BCUT2D eigenvalue weighted by Gasteiger charge is 2.78. The minimum atomic E-state index is -1.47. The second kappa shape index (κ2) is 19.5. The van der Waals surface area contributed by atoms with Gasteiger partial charge in [0.2, 0.25) is 11.8 Å². The van der Waals surface area contributed by atoms with Crippen LogP contribution in [-0.4, -0.2) is 102 Å². The number of nitrogens with zero attached hydrogens (tertiary/aromatic N) is 3. The molecule has 3 aliphatic heterocycles. The van der Waals surface area contributed by atoms with E-state index in [1.165, 1.54) is 12.0 Å². The highest BCUT2D eigenvalue weighted by atomic mass is 79.9. The van der Waals surface area contributed by atoms with Crippen LogP contribution in [0.15, 0.2) is 110 Å². The van der Waals surface area contributed by atoms with Crippen LogP contribution in [0.4, 0.5) is 11.4 Å². The van der Waals surface area contributed by atoms with E-state index in [1.54, 1.807) is 41.3 Å². The summed E-state index contributed by atoms with van der Waals surface area (Å²) in [5.41, 5.74) is 1.38. The van der Waals surface area contributed by atoms with Crippen LogP contribution in [-0.2, 0) is 33.4 Å². The number of aliphatic hydroxyl groups is 1. The van der Waals surface area contributed by atoms with Crippen LogP contribution in [0.25, 0.3) is 0 Å². The molecule has 0 radical (unpaired) electrons. The molecule has 3 aliphatic rings. The van der Waals surface area contributed by atoms with Crippen molar-refractivity contribution in [2.45, 2.75) is 73.9 Å². The molecular weight excluding hydrogens is 816 g/mol. The molecule has 1 unspecified atom stereocenters. The lowest BCUT2D eigenvalue weighted by Gasteiger charge is -2.39. The van der Waals surface area contributed by atoms with Gasteiger partial charge in [0.1, 0.15) is 17.7 Å². The van der Waals surface area contributed by atoms with Crippen molar-refractivity contribution in [2.24, 2.45) is 11.8 Å². The van der Waals surface area contributed by atoms with Crippen molar-refractivity contribution >= 4 is 51.0 Å². The Hall–Kier alpha value is -4.82. The van der Waals surface area contributed by atoms with Gasteiger partial charge in [0.25, 0.3) is 5.91 Å². The lowest BCUT2D eigenvalue weighted by atomic mass is 9.70. The molecule has 9 atom stereocenters. The summed E-state index contributed by atoms with van der Waals surface area (Å²) in [6, 6.07) is 22.8. The van der Waals surface area contributed by atoms with Gasteiger partial charge in [0.05, 0.1) is 43.2 Å². The number of hydrogen-bond donors (Lipinski definition) is 2.